The van der Waals surface area contributed by atoms with E-state index in [1.807, 2.05) is 6.07 Å². The van der Waals surface area contributed by atoms with Crippen LogP contribution in [0.1, 0.15) is 10.4 Å². The van der Waals surface area contributed by atoms with Gasteiger partial charge in [0.25, 0.3) is 0 Å². The molecule has 0 fully saturated rings. The largest absolute Gasteiger partial charge is 0.460 e. The van der Waals surface area contributed by atoms with E-state index >= 15 is 0 Å². The minimum atomic E-state index is -0.321. The first-order chi connectivity index (χ1) is 6.84. The maximum Gasteiger partial charge on any atom is 0.338 e. The Kier molecular flexibility index (Phi) is 4.72. The minimum absolute atomic E-state index is 0.267. The van der Waals surface area contributed by atoms with E-state index in [1.54, 1.807) is 24.3 Å². The lowest BCUT2D eigenvalue weighted by molar-refractivity contribution is 0.0352. The highest BCUT2D eigenvalue weighted by Gasteiger charge is 2.04. The Hall–Kier alpha value is -1.35. The Balaban J connectivity index is 2.29. The fourth-order valence-corrected chi connectivity index (χ4v) is 0.953. The fraction of sp³-hybridized carbons (Fsp3) is 0.273. The second-order valence-electron chi connectivity index (χ2n) is 2.61. The predicted octanol–water partition coefficient (Wildman–Crippen LogP) is 1.69. The van der Waals surface area contributed by atoms with Crippen LogP contribution in [0.2, 0.25) is 0 Å². The number of hydrogen-bond donors (Lipinski definition) is 0. The van der Waals surface area contributed by atoms with Crippen LogP contribution in [0.25, 0.3) is 0 Å². The van der Waals surface area contributed by atoms with Crippen molar-refractivity contribution in [2.45, 2.75) is 0 Å². The molecule has 0 N–H and O–H groups in total. The summed E-state index contributed by atoms with van der Waals surface area (Å²) >= 11 is 0. The first-order valence-corrected chi connectivity index (χ1v) is 4.43. The number of rotatable bonds is 5. The zero-order valence-electron chi connectivity index (χ0n) is 7.94. The molecule has 0 atom stereocenters. The lowest BCUT2D eigenvalue weighted by Gasteiger charge is -2.04. The minimum Gasteiger partial charge on any atom is -0.460 e. The van der Waals surface area contributed by atoms with Gasteiger partial charge in [0.15, 0.2) is 0 Å². The number of ether oxygens (including phenoxy) is 2. The first-order valence-electron chi connectivity index (χ1n) is 4.43. The monoisotopic (exact) mass is 193 g/mol. The van der Waals surface area contributed by atoms with Gasteiger partial charge in [-0.25, -0.2) is 4.79 Å². The second kappa shape index (κ2) is 6.16. The molecule has 3 heteroatoms. The van der Waals surface area contributed by atoms with Gasteiger partial charge in [0.2, 0.25) is 0 Å². The highest BCUT2D eigenvalue weighted by Crippen LogP contribution is 2.00. The molecule has 0 amide bonds. The van der Waals surface area contributed by atoms with Gasteiger partial charge in [-0.15, -0.1) is 0 Å². The standard InChI is InChI=1S/C11H13O3/c1-2-13-8-9-14-11(12)10-6-4-3-5-7-10/h3-7H,1-2,8-9H2. The summed E-state index contributed by atoms with van der Waals surface area (Å²) in [5.74, 6) is -0.321. The van der Waals surface area contributed by atoms with Gasteiger partial charge < -0.3 is 9.47 Å². The van der Waals surface area contributed by atoms with E-state index < -0.39 is 0 Å². The summed E-state index contributed by atoms with van der Waals surface area (Å²) in [7, 11) is 0. The highest BCUT2D eigenvalue weighted by atomic mass is 16.6. The molecule has 14 heavy (non-hydrogen) atoms. The number of hydrogen-bond acceptors (Lipinski definition) is 3. The normalized spacial score (nSPS) is 9.79. The highest BCUT2D eigenvalue weighted by molar-refractivity contribution is 5.89. The van der Waals surface area contributed by atoms with Gasteiger partial charge in [0, 0.05) is 6.61 Å². The van der Waals surface area contributed by atoms with Crippen LogP contribution in [0.3, 0.4) is 0 Å². The van der Waals surface area contributed by atoms with E-state index in [4.69, 9.17) is 9.47 Å². The molecule has 0 saturated carbocycles. The lowest BCUT2D eigenvalue weighted by Crippen LogP contribution is -2.10. The van der Waals surface area contributed by atoms with Crippen LogP contribution >= 0.6 is 0 Å². The third-order valence-electron chi connectivity index (χ3n) is 1.61. The van der Waals surface area contributed by atoms with Gasteiger partial charge in [-0.1, -0.05) is 18.2 Å². The molecular formula is C11H13O3. The molecule has 1 aromatic rings. The molecular weight excluding hydrogens is 180 g/mol. The summed E-state index contributed by atoms with van der Waals surface area (Å²) in [5, 5.41) is 0. The van der Waals surface area contributed by atoms with Crippen molar-refractivity contribution < 1.29 is 14.3 Å². The van der Waals surface area contributed by atoms with E-state index in [1.165, 1.54) is 0 Å². The SMILES string of the molecule is [CH2]COCCOC(=O)c1ccccc1. The average molecular weight is 193 g/mol. The first kappa shape index (κ1) is 10.7. The van der Waals surface area contributed by atoms with Crippen molar-refractivity contribution in [1.29, 1.82) is 0 Å². The predicted molar refractivity (Wildman–Crippen MR) is 52.9 cm³/mol. The van der Waals surface area contributed by atoms with Crippen molar-refractivity contribution >= 4 is 5.97 Å². The maximum absolute atomic E-state index is 11.3. The molecule has 0 bridgehead atoms. The summed E-state index contributed by atoms with van der Waals surface area (Å²) in [5.41, 5.74) is 0.558. The zero-order valence-corrected chi connectivity index (χ0v) is 7.94. The summed E-state index contributed by atoms with van der Waals surface area (Å²) in [6.45, 7) is 4.55. The van der Waals surface area contributed by atoms with Gasteiger partial charge in [-0.05, 0) is 19.1 Å². The number of esters is 1. The van der Waals surface area contributed by atoms with Gasteiger partial charge in [0.05, 0.1) is 12.2 Å². The Morgan fingerprint density at radius 1 is 1.21 bits per heavy atom. The summed E-state index contributed by atoms with van der Waals surface area (Å²) < 4.78 is 9.87. The third kappa shape index (κ3) is 3.58. The summed E-state index contributed by atoms with van der Waals surface area (Å²) in [6, 6.07) is 8.86. The number of benzene rings is 1. The Morgan fingerprint density at radius 2 is 1.93 bits per heavy atom. The van der Waals surface area contributed by atoms with Crippen molar-refractivity contribution in [3.8, 4) is 0 Å². The molecule has 3 nitrogen and oxygen atoms in total. The molecule has 0 spiro atoms. The molecule has 0 aliphatic rings. The molecule has 0 saturated heterocycles. The summed E-state index contributed by atoms with van der Waals surface area (Å²) in [6.07, 6.45) is 0. The van der Waals surface area contributed by atoms with Crippen molar-refractivity contribution in [2.75, 3.05) is 19.8 Å². The van der Waals surface area contributed by atoms with Crippen molar-refractivity contribution in [3.05, 3.63) is 42.8 Å². The Morgan fingerprint density at radius 3 is 2.57 bits per heavy atom. The molecule has 1 rings (SSSR count). The fourth-order valence-electron chi connectivity index (χ4n) is 0.953. The van der Waals surface area contributed by atoms with Gasteiger partial charge in [-0.3, -0.25) is 0 Å². The molecule has 1 aromatic carbocycles. The lowest BCUT2D eigenvalue weighted by atomic mass is 10.2. The van der Waals surface area contributed by atoms with E-state index in [-0.39, 0.29) is 12.6 Å². The molecule has 0 heterocycles. The van der Waals surface area contributed by atoms with E-state index in [2.05, 4.69) is 6.92 Å². The van der Waals surface area contributed by atoms with Gasteiger partial charge in [0.1, 0.15) is 6.61 Å². The smallest absolute Gasteiger partial charge is 0.338 e. The molecule has 0 aromatic heterocycles. The zero-order chi connectivity index (χ0) is 10.2. The molecule has 0 aliphatic carbocycles. The van der Waals surface area contributed by atoms with Gasteiger partial charge >= 0.3 is 5.97 Å². The van der Waals surface area contributed by atoms with Crippen LogP contribution < -0.4 is 0 Å². The van der Waals surface area contributed by atoms with Crippen LogP contribution in [-0.4, -0.2) is 25.8 Å². The third-order valence-corrected chi connectivity index (χ3v) is 1.61. The Labute approximate surface area is 83.6 Å². The van der Waals surface area contributed by atoms with Crippen LogP contribution in [0.4, 0.5) is 0 Å². The Bertz CT molecular complexity index is 269. The molecule has 1 radical (unpaired) electrons. The van der Waals surface area contributed by atoms with Crippen molar-refractivity contribution in [2.24, 2.45) is 0 Å². The van der Waals surface area contributed by atoms with Crippen LogP contribution in [0.5, 0.6) is 0 Å². The van der Waals surface area contributed by atoms with E-state index in [0.29, 0.717) is 18.8 Å². The van der Waals surface area contributed by atoms with E-state index in [0.717, 1.165) is 0 Å². The van der Waals surface area contributed by atoms with Crippen LogP contribution in [0, 0.1) is 6.92 Å². The van der Waals surface area contributed by atoms with Gasteiger partial charge in [-0.2, -0.15) is 0 Å². The van der Waals surface area contributed by atoms with Crippen molar-refractivity contribution in [1.82, 2.24) is 0 Å². The van der Waals surface area contributed by atoms with Crippen LogP contribution in [0.15, 0.2) is 30.3 Å². The molecule has 0 aliphatic heterocycles. The average Bonchev–Trinajstić information content (AvgIpc) is 2.25. The van der Waals surface area contributed by atoms with Crippen LogP contribution in [-0.2, 0) is 9.47 Å². The second-order valence-corrected chi connectivity index (χ2v) is 2.61. The number of carbonyl (C=O) groups is 1. The van der Waals surface area contributed by atoms with E-state index in [9.17, 15) is 4.79 Å². The van der Waals surface area contributed by atoms with Crippen molar-refractivity contribution in [3.63, 3.8) is 0 Å². The molecule has 75 valence electrons. The quantitative estimate of drug-likeness (QED) is 0.527. The topological polar surface area (TPSA) is 35.5 Å². The number of carbonyl (C=O) groups excluding carboxylic acids is 1. The summed E-state index contributed by atoms with van der Waals surface area (Å²) in [4.78, 5) is 11.3. The molecule has 0 unspecified atom stereocenters. The maximum atomic E-state index is 11.3.